The maximum atomic E-state index is 13.1. The van der Waals surface area contributed by atoms with E-state index in [0.29, 0.717) is 17.7 Å². The van der Waals surface area contributed by atoms with E-state index in [9.17, 15) is 19.8 Å². The molecule has 1 aromatic heterocycles. The molecule has 1 amide bonds. The zero-order chi connectivity index (χ0) is 21.1. The number of furan rings is 1. The number of rotatable bonds is 7. The number of aryl methyl sites for hydroxylation is 1. The predicted octanol–water partition coefficient (Wildman–Crippen LogP) is 4.08. The first-order valence-corrected chi connectivity index (χ1v) is 9.67. The maximum absolute atomic E-state index is 13.1. The van der Waals surface area contributed by atoms with Crippen molar-refractivity contribution in [3.05, 3.63) is 101 Å². The Bertz CT molecular complexity index is 1090. The third kappa shape index (κ3) is 3.85. The van der Waals surface area contributed by atoms with E-state index in [2.05, 4.69) is 0 Å². The van der Waals surface area contributed by atoms with Gasteiger partial charge < -0.3 is 19.5 Å². The fourth-order valence-electron chi connectivity index (χ4n) is 3.75. The number of carbonyl (C=O) groups is 2. The number of aliphatic hydroxyl groups excluding tert-OH is 1. The second-order valence-electron chi connectivity index (χ2n) is 7.18. The van der Waals surface area contributed by atoms with Gasteiger partial charge in [0.1, 0.15) is 11.5 Å². The number of phenolic OH excluding ortho intramolecular Hbond substituents is 1. The van der Waals surface area contributed by atoms with Crippen molar-refractivity contribution in [2.45, 2.75) is 25.4 Å². The van der Waals surface area contributed by atoms with Crippen molar-refractivity contribution in [3.63, 3.8) is 0 Å². The van der Waals surface area contributed by atoms with E-state index in [0.717, 1.165) is 5.56 Å². The summed E-state index contributed by atoms with van der Waals surface area (Å²) in [5, 5.41) is 20.5. The van der Waals surface area contributed by atoms with Gasteiger partial charge in [-0.2, -0.15) is 0 Å². The van der Waals surface area contributed by atoms with Gasteiger partial charge in [-0.05, 0) is 41.8 Å². The molecule has 0 saturated carbocycles. The van der Waals surface area contributed by atoms with E-state index in [1.54, 1.807) is 24.3 Å². The van der Waals surface area contributed by atoms with Crippen molar-refractivity contribution >= 4 is 11.7 Å². The summed E-state index contributed by atoms with van der Waals surface area (Å²) in [6.45, 7) is 0.0890. The summed E-state index contributed by atoms with van der Waals surface area (Å²) in [7, 11) is 0. The van der Waals surface area contributed by atoms with Crippen LogP contribution in [0.2, 0.25) is 0 Å². The molecule has 4 rings (SSSR count). The molecule has 3 aromatic rings. The Kier molecular flexibility index (Phi) is 5.39. The molecule has 30 heavy (non-hydrogen) atoms. The van der Waals surface area contributed by atoms with Crippen LogP contribution in [-0.4, -0.2) is 26.8 Å². The number of Topliss-reactive ketones (excluding diaryl/α,β-unsaturated/α-hetero) is 1. The zero-order valence-corrected chi connectivity index (χ0v) is 16.2. The van der Waals surface area contributed by atoms with Crippen LogP contribution in [0.1, 0.15) is 29.3 Å². The summed E-state index contributed by atoms with van der Waals surface area (Å²) in [5.41, 5.74) is 1.59. The van der Waals surface area contributed by atoms with Gasteiger partial charge in [-0.3, -0.25) is 9.59 Å². The second-order valence-corrected chi connectivity index (χ2v) is 7.18. The van der Waals surface area contributed by atoms with Crippen LogP contribution in [-0.2, 0) is 22.6 Å². The molecule has 1 unspecified atom stereocenters. The Morgan fingerprint density at radius 3 is 2.50 bits per heavy atom. The Morgan fingerprint density at radius 1 is 1.00 bits per heavy atom. The van der Waals surface area contributed by atoms with Gasteiger partial charge in [0, 0.05) is 6.42 Å². The van der Waals surface area contributed by atoms with Crippen LogP contribution in [0.3, 0.4) is 0 Å². The standard InChI is InChI=1S/C24H21NO5/c26-18-9-4-8-17(14-18)22-21(20(27)12-11-16-6-2-1-3-7-16)23(28)24(29)25(22)15-19-10-5-13-30-19/h1-10,13-14,22,26,28H,11-12,15H2. The van der Waals surface area contributed by atoms with E-state index in [4.69, 9.17) is 4.42 Å². The molecule has 0 aliphatic carbocycles. The molecule has 6 heteroatoms. The molecule has 1 atom stereocenters. The fraction of sp³-hybridized carbons (Fsp3) is 0.167. The summed E-state index contributed by atoms with van der Waals surface area (Å²) in [6.07, 6.45) is 2.15. The van der Waals surface area contributed by atoms with Crippen LogP contribution < -0.4 is 0 Å². The molecule has 2 aromatic carbocycles. The van der Waals surface area contributed by atoms with Crippen molar-refractivity contribution in [2.24, 2.45) is 0 Å². The molecule has 0 saturated heterocycles. The maximum Gasteiger partial charge on any atom is 0.290 e. The summed E-state index contributed by atoms with van der Waals surface area (Å²) in [4.78, 5) is 27.3. The van der Waals surface area contributed by atoms with Crippen molar-refractivity contribution in [3.8, 4) is 5.75 Å². The van der Waals surface area contributed by atoms with Crippen LogP contribution in [0.4, 0.5) is 0 Å². The van der Waals surface area contributed by atoms with E-state index in [1.165, 1.54) is 23.3 Å². The molecule has 2 N–H and O–H groups in total. The van der Waals surface area contributed by atoms with Crippen LogP contribution in [0.5, 0.6) is 5.75 Å². The summed E-state index contributed by atoms with van der Waals surface area (Å²) in [5.74, 6) is -0.949. The van der Waals surface area contributed by atoms with Gasteiger partial charge in [-0.25, -0.2) is 0 Å². The van der Waals surface area contributed by atoms with Gasteiger partial charge in [-0.1, -0.05) is 42.5 Å². The number of aromatic hydroxyl groups is 1. The summed E-state index contributed by atoms with van der Waals surface area (Å²) < 4.78 is 5.36. The summed E-state index contributed by atoms with van der Waals surface area (Å²) >= 11 is 0. The molecular formula is C24H21NO5. The smallest absolute Gasteiger partial charge is 0.290 e. The largest absolute Gasteiger partial charge is 0.508 e. The van der Waals surface area contributed by atoms with Crippen LogP contribution in [0.25, 0.3) is 0 Å². The van der Waals surface area contributed by atoms with Crippen LogP contribution in [0, 0.1) is 0 Å². The van der Waals surface area contributed by atoms with E-state index in [-0.39, 0.29) is 30.1 Å². The quantitative estimate of drug-likeness (QED) is 0.620. The number of hydrogen-bond acceptors (Lipinski definition) is 5. The number of phenols is 1. The van der Waals surface area contributed by atoms with Gasteiger partial charge in [0.15, 0.2) is 11.5 Å². The number of benzene rings is 2. The molecule has 0 fully saturated rings. The molecule has 1 aliphatic heterocycles. The van der Waals surface area contributed by atoms with Gasteiger partial charge >= 0.3 is 0 Å². The Hall–Kier alpha value is -3.80. The number of carbonyl (C=O) groups excluding carboxylic acids is 2. The van der Waals surface area contributed by atoms with E-state index >= 15 is 0 Å². The van der Waals surface area contributed by atoms with Gasteiger partial charge in [0.25, 0.3) is 5.91 Å². The lowest BCUT2D eigenvalue weighted by Gasteiger charge is -2.26. The molecule has 0 spiro atoms. The highest BCUT2D eigenvalue weighted by molar-refractivity contribution is 6.09. The second kappa shape index (κ2) is 8.29. The lowest BCUT2D eigenvalue weighted by Crippen LogP contribution is -2.30. The molecule has 152 valence electrons. The highest BCUT2D eigenvalue weighted by atomic mass is 16.3. The van der Waals surface area contributed by atoms with Gasteiger partial charge in [-0.15, -0.1) is 0 Å². The molecule has 0 radical (unpaired) electrons. The number of ketones is 1. The first kappa shape index (κ1) is 19.5. The Morgan fingerprint density at radius 2 is 1.80 bits per heavy atom. The van der Waals surface area contributed by atoms with Gasteiger partial charge in [0.2, 0.25) is 0 Å². The Labute approximate surface area is 173 Å². The molecular weight excluding hydrogens is 382 g/mol. The van der Waals surface area contributed by atoms with E-state index in [1.807, 2.05) is 30.3 Å². The normalized spacial score (nSPS) is 16.3. The fourth-order valence-corrected chi connectivity index (χ4v) is 3.75. The third-order valence-corrected chi connectivity index (χ3v) is 5.18. The molecule has 6 nitrogen and oxygen atoms in total. The van der Waals surface area contributed by atoms with Crippen molar-refractivity contribution in [1.82, 2.24) is 4.90 Å². The number of hydrogen-bond donors (Lipinski definition) is 2. The minimum absolute atomic E-state index is 0.0142. The number of aliphatic hydroxyl groups is 1. The predicted molar refractivity (Wildman–Crippen MR) is 110 cm³/mol. The SMILES string of the molecule is O=C(CCc1ccccc1)C1=C(O)C(=O)N(Cc2ccco2)C1c1cccc(O)c1. The minimum atomic E-state index is -0.807. The Balaban J connectivity index is 1.66. The van der Waals surface area contributed by atoms with Crippen LogP contribution >= 0.6 is 0 Å². The van der Waals surface area contributed by atoms with Crippen LogP contribution in [0.15, 0.2) is 88.7 Å². The van der Waals surface area contributed by atoms with E-state index < -0.39 is 17.7 Å². The summed E-state index contributed by atoms with van der Waals surface area (Å²) in [6, 6.07) is 18.5. The van der Waals surface area contributed by atoms with Gasteiger partial charge in [0.05, 0.1) is 24.4 Å². The monoisotopic (exact) mass is 403 g/mol. The topological polar surface area (TPSA) is 91.0 Å². The van der Waals surface area contributed by atoms with Crippen molar-refractivity contribution in [2.75, 3.05) is 0 Å². The van der Waals surface area contributed by atoms with Crippen molar-refractivity contribution < 1.29 is 24.2 Å². The minimum Gasteiger partial charge on any atom is -0.508 e. The number of nitrogens with zero attached hydrogens (tertiary/aromatic N) is 1. The lowest BCUT2D eigenvalue weighted by molar-refractivity contribution is -0.130. The lowest BCUT2D eigenvalue weighted by atomic mass is 9.93. The molecule has 1 aliphatic rings. The first-order chi connectivity index (χ1) is 14.5. The number of amides is 1. The molecule has 0 bridgehead atoms. The zero-order valence-electron chi connectivity index (χ0n) is 16.2. The first-order valence-electron chi connectivity index (χ1n) is 9.67. The average Bonchev–Trinajstić information content (AvgIpc) is 3.35. The highest BCUT2D eigenvalue weighted by Gasteiger charge is 2.43. The molecule has 2 heterocycles. The third-order valence-electron chi connectivity index (χ3n) is 5.18. The average molecular weight is 403 g/mol. The van der Waals surface area contributed by atoms with Crippen molar-refractivity contribution in [1.29, 1.82) is 0 Å². The highest BCUT2D eigenvalue weighted by Crippen LogP contribution is 2.40.